The van der Waals surface area contributed by atoms with Gasteiger partial charge in [0.15, 0.2) is 0 Å². The first-order valence-corrected chi connectivity index (χ1v) is 11.6. The van der Waals surface area contributed by atoms with E-state index in [4.69, 9.17) is 4.74 Å². The van der Waals surface area contributed by atoms with E-state index in [2.05, 4.69) is 37.9 Å². The SMILES string of the molecule is COc1ccc(N2CCCN(C(=O)c3csc(-c4cc(Br)cs4)n3)CC2)cc1. The summed E-state index contributed by atoms with van der Waals surface area (Å²) >= 11 is 6.62. The van der Waals surface area contributed by atoms with Crippen LogP contribution in [0.25, 0.3) is 9.88 Å². The molecular weight excluding hydrogens is 458 g/mol. The van der Waals surface area contributed by atoms with Crippen LogP contribution in [-0.4, -0.2) is 49.1 Å². The largest absolute Gasteiger partial charge is 0.497 e. The van der Waals surface area contributed by atoms with Gasteiger partial charge < -0.3 is 14.5 Å². The fourth-order valence-electron chi connectivity index (χ4n) is 3.24. The minimum Gasteiger partial charge on any atom is -0.497 e. The lowest BCUT2D eigenvalue weighted by atomic mass is 10.2. The lowest BCUT2D eigenvalue weighted by Crippen LogP contribution is -2.35. The lowest BCUT2D eigenvalue weighted by molar-refractivity contribution is 0.0762. The average Bonchev–Trinajstić information content (AvgIpc) is 3.30. The van der Waals surface area contributed by atoms with Gasteiger partial charge in [0, 0.05) is 47.1 Å². The first kappa shape index (κ1) is 19.4. The number of amides is 1. The maximum absolute atomic E-state index is 13.0. The number of methoxy groups -OCH3 is 1. The molecule has 0 unspecified atom stereocenters. The van der Waals surface area contributed by atoms with Crippen molar-refractivity contribution < 1.29 is 9.53 Å². The van der Waals surface area contributed by atoms with Crippen LogP contribution in [0.15, 0.2) is 45.6 Å². The number of rotatable bonds is 4. The monoisotopic (exact) mass is 477 g/mol. The Morgan fingerprint density at radius 2 is 1.93 bits per heavy atom. The first-order valence-electron chi connectivity index (χ1n) is 9.02. The number of thiophene rings is 1. The van der Waals surface area contributed by atoms with Crippen molar-refractivity contribution in [3.05, 3.63) is 51.3 Å². The summed E-state index contributed by atoms with van der Waals surface area (Å²) in [4.78, 5) is 22.9. The molecule has 0 radical (unpaired) electrons. The summed E-state index contributed by atoms with van der Waals surface area (Å²) in [5.41, 5.74) is 1.71. The molecule has 28 heavy (non-hydrogen) atoms. The second-order valence-corrected chi connectivity index (χ2v) is 9.18. The fraction of sp³-hybridized carbons (Fsp3) is 0.300. The van der Waals surface area contributed by atoms with Gasteiger partial charge in [0.1, 0.15) is 16.5 Å². The standard InChI is InChI=1S/C20H20BrN3O2S2/c1-26-16-5-3-15(4-6-16)23-7-2-8-24(10-9-23)20(25)17-13-28-19(22-17)18-11-14(21)12-27-18/h3-6,11-13H,2,7-10H2,1H3. The third-order valence-electron chi connectivity index (χ3n) is 4.72. The van der Waals surface area contributed by atoms with Crippen molar-refractivity contribution in [3.63, 3.8) is 0 Å². The van der Waals surface area contributed by atoms with Crippen molar-refractivity contribution in [3.8, 4) is 15.6 Å². The van der Waals surface area contributed by atoms with Crippen LogP contribution < -0.4 is 9.64 Å². The van der Waals surface area contributed by atoms with Crippen LogP contribution in [0.1, 0.15) is 16.9 Å². The van der Waals surface area contributed by atoms with Crippen molar-refractivity contribution in [2.24, 2.45) is 0 Å². The summed E-state index contributed by atoms with van der Waals surface area (Å²) in [6.45, 7) is 3.19. The van der Waals surface area contributed by atoms with E-state index >= 15 is 0 Å². The molecular formula is C20H20BrN3O2S2. The molecule has 1 fully saturated rings. The van der Waals surface area contributed by atoms with Crippen LogP contribution in [0.5, 0.6) is 5.75 Å². The van der Waals surface area contributed by atoms with Gasteiger partial charge in [-0.25, -0.2) is 4.98 Å². The van der Waals surface area contributed by atoms with E-state index in [0.717, 1.165) is 51.8 Å². The topological polar surface area (TPSA) is 45.7 Å². The van der Waals surface area contributed by atoms with Crippen LogP contribution in [-0.2, 0) is 0 Å². The third kappa shape index (κ3) is 4.24. The van der Waals surface area contributed by atoms with E-state index in [1.165, 1.54) is 11.3 Å². The molecule has 3 aromatic rings. The number of nitrogens with zero attached hydrogens (tertiary/aromatic N) is 3. The molecule has 4 rings (SSSR count). The van der Waals surface area contributed by atoms with Crippen molar-refractivity contribution in [2.75, 3.05) is 38.2 Å². The van der Waals surface area contributed by atoms with E-state index in [-0.39, 0.29) is 5.91 Å². The Balaban J connectivity index is 1.42. The van der Waals surface area contributed by atoms with Gasteiger partial charge in [-0.2, -0.15) is 0 Å². The molecule has 0 saturated carbocycles. The van der Waals surface area contributed by atoms with E-state index < -0.39 is 0 Å². The number of thiazole rings is 1. The molecule has 8 heteroatoms. The highest BCUT2D eigenvalue weighted by atomic mass is 79.9. The van der Waals surface area contributed by atoms with Gasteiger partial charge in [-0.15, -0.1) is 22.7 Å². The summed E-state index contributed by atoms with van der Waals surface area (Å²) in [6, 6.07) is 10.1. The second kappa shape index (κ2) is 8.63. The molecule has 2 aromatic heterocycles. The normalized spacial score (nSPS) is 14.8. The number of anilines is 1. The van der Waals surface area contributed by atoms with Crippen molar-refractivity contribution in [1.82, 2.24) is 9.88 Å². The molecule has 0 bridgehead atoms. The molecule has 1 aliphatic heterocycles. The molecule has 1 aliphatic rings. The smallest absolute Gasteiger partial charge is 0.273 e. The Morgan fingerprint density at radius 3 is 2.64 bits per heavy atom. The Bertz CT molecular complexity index is 955. The molecule has 1 saturated heterocycles. The Hall–Kier alpha value is -1.90. The molecule has 1 aromatic carbocycles. The summed E-state index contributed by atoms with van der Waals surface area (Å²) in [5, 5.41) is 4.80. The Labute approximate surface area is 180 Å². The number of carbonyl (C=O) groups is 1. The maximum atomic E-state index is 13.0. The Kier molecular flexibility index (Phi) is 5.99. The lowest BCUT2D eigenvalue weighted by Gasteiger charge is -2.23. The number of aromatic nitrogens is 1. The number of halogens is 1. The van der Waals surface area contributed by atoms with Gasteiger partial charge >= 0.3 is 0 Å². The number of carbonyl (C=O) groups excluding carboxylic acids is 1. The number of hydrogen-bond donors (Lipinski definition) is 0. The van der Waals surface area contributed by atoms with Crippen molar-refractivity contribution in [1.29, 1.82) is 0 Å². The summed E-state index contributed by atoms with van der Waals surface area (Å²) < 4.78 is 6.28. The highest BCUT2D eigenvalue weighted by molar-refractivity contribution is 9.10. The van der Waals surface area contributed by atoms with Gasteiger partial charge in [-0.1, -0.05) is 0 Å². The van der Waals surface area contributed by atoms with Gasteiger partial charge in [0.25, 0.3) is 5.91 Å². The minimum atomic E-state index is 0.0229. The third-order valence-corrected chi connectivity index (χ3v) is 7.42. The minimum absolute atomic E-state index is 0.0229. The highest BCUT2D eigenvalue weighted by Crippen LogP contribution is 2.32. The van der Waals surface area contributed by atoms with E-state index in [9.17, 15) is 4.79 Å². The average molecular weight is 478 g/mol. The molecule has 0 spiro atoms. The summed E-state index contributed by atoms with van der Waals surface area (Å²) in [6.07, 6.45) is 0.937. The maximum Gasteiger partial charge on any atom is 0.273 e. The molecule has 146 valence electrons. The summed E-state index contributed by atoms with van der Waals surface area (Å²) in [7, 11) is 1.67. The van der Waals surface area contributed by atoms with Crippen LogP contribution in [0, 0.1) is 0 Å². The molecule has 3 heterocycles. The van der Waals surface area contributed by atoms with Gasteiger partial charge in [-0.3, -0.25) is 4.79 Å². The zero-order valence-electron chi connectivity index (χ0n) is 15.4. The second-order valence-electron chi connectivity index (χ2n) is 6.50. The van der Waals surface area contributed by atoms with Gasteiger partial charge in [-0.05, 0) is 52.7 Å². The van der Waals surface area contributed by atoms with Crippen LogP contribution >= 0.6 is 38.6 Å². The van der Waals surface area contributed by atoms with E-state index in [1.807, 2.05) is 33.9 Å². The van der Waals surface area contributed by atoms with E-state index in [1.54, 1.807) is 18.4 Å². The van der Waals surface area contributed by atoms with Crippen LogP contribution in [0.3, 0.4) is 0 Å². The number of hydrogen-bond acceptors (Lipinski definition) is 6. The zero-order valence-corrected chi connectivity index (χ0v) is 18.6. The highest BCUT2D eigenvalue weighted by Gasteiger charge is 2.23. The van der Waals surface area contributed by atoms with Crippen LogP contribution in [0.4, 0.5) is 5.69 Å². The van der Waals surface area contributed by atoms with Gasteiger partial charge in [0.2, 0.25) is 0 Å². The van der Waals surface area contributed by atoms with Crippen molar-refractivity contribution in [2.45, 2.75) is 6.42 Å². The molecule has 0 atom stereocenters. The molecule has 1 amide bonds. The molecule has 5 nitrogen and oxygen atoms in total. The van der Waals surface area contributed by atoms with E-state index in [0.29, 0.717) is 12.2 Å². The van der Waals surface area contributed by atoms with Crippen LogP contribution in [0.2, 0.25) is 0 Å². The fourth-order valence-corrected chi connectivity index (χ4v) is 5.55. The van der Waals surface area contributed by atoms with Gasteiger partial charge in [0.05, 0.1) is 12.0 Å². The predicted octanol–water partition coefficient (Wildman–Crippen LogP) is 5.00. The molecule has 0 aliphatic carbocycles. The van der Waals surface area contributed by atoms with Crippen molar-refractivity contribution >= 4 is 50.2 Å². The summed E-state index contributed by atoms with van der Waals surface area (Å²) in [5.74, 6) is 0.877. The number of benzene rings is 1. The number of ether oxygens (including phenoxy) is 1. The predicted molar refractivity (Wildman–Crippen MR) is 119 cm³/mol. The zero-order chi connectivity index (χ0) is 19.5. The first-order chi connectivity index (χ1) is 13.6. The quantitative estimate of drug-likeness (QED) is 0.530. The Morgan fingerprint density at radius 1 is 1.11 bits per heavy atom. The molecule has 0 N–H and O–H groups in total.